The fourth-order valence-corrected chi connectivity index (χ4v) is 3.23. The number of alkyl halides is 3. The second-order valence-corrected chi connectivity index (χ2v) is 6.82. The van der Waals surface area contributed by atoms with Gasteiger partial charge >= 0.3 is 6.18 Å². The zero-order chi connectivity index (χ0) is 22.9. The highest BCUT2D eigenvalue weighted by Crippen LogP contribution is 2.33. The first-order valence-corrected chi connectivity index (χ1v) is 9.27. The molecule has 0 aliphatic rings. The van der Waals surface area contributed by atoms with Crippen molar-refractivity contribution in [2.24, 2.45) is 0 Å². The molecule has 0 fully saturated rings. The zero-order valence-corrected chi connectivity index (χ0v) is 16.2. The van der Waals surface area contributed by atoms with Gasteiger partial charge in [-0.05, 0) is 47.0 Å². The second kappa shape index (κ2) is 8.19. The Hall–Kier alpha value is -4.12. The van der Waals surface area contributed by atoms with Gasteiger partial charge in [0.2, 0.25) is 0 Å². The van der Waals surface area contributed by atoms with Gasteiger partial charge in [-0.2, -0.15) is 18.4 Å². The van der Waals surface area contributed by atoms with Gasteiger partial charge < -0.3 is 0 Å². The molecule has 4 rings (SSSR count). The first-order valence-electron chi connectivity index (χ1n) is 9.27. The first kappa shape index (κ1) is 21.1. The van der Waals surface area contributed by atoms with Crippen LogP contribution in [0.2, 0.25) is 0 Å². The summed E-state index contributed by atoms with van der Waals surface area (Å²) in [7, 11) is 0. The number of nitriles is 1. The highest BCUT2D eigenvalue weighted by molar-refractivity contribution is 5.76. The van der Waals surface area contributed by atoms with Crippen LogP contribution in [0.5, 0.6) is 0 Å². The van der Waals surface area contributed by atoms with Crippen LogP contribution >= 0.6 is 0 Å². The van der Waals surface area contributed by atoms with Crippen LogP contribution in [0.1, 0.15) is 11.3 Å². The molecule has 0 amide bonds. The van der Waals surface area contributed by atoms with Gasteiger partial charge in [0, 0.05) is 11.8 Å². The molecule has 0 saturated carbocycles. The molecule has 0 N–H and O–H groups in total. The normalized spacial score (nSPS) is 11.2. The molecule has 1 aromatic heterocycles. The number of aromatic nitrogens is 2. The van der Waals surface area contributed by atoms with Gasteiger partial charge in [-0.1, -0.05) is 36.4 Å². The number of hydrogen-bond donors (Lipinski definition) is 0. The predicted octanol–water partition coefficient (Wildman–Crippen LogP) is 6.65. The van der Waals surface area contributed by atoms with Crippen LogP contribution in [0, 0.1) is 23.0 Å². The van der Waals surface area contributed by atoms with Crippen LogP contribution in [-0.4, -0.2) is 9.97 Å². The van der Waals surface area contributed by atoms with Crippen molar-refractivity contribution < 1.29 is 22.0 Å². The lowest BCUT2D eigenvalue weighted by Gasteiger charge is -2.10. The van der Waals surface area contributed by atoms with Crippen molar-refractivity contribution >= 4 is 0 Å². The minimum atomic E-state index is -4.43. The van der Waals surface area contributed by atoms with E-state index in [0.717, 1.165) is 24.3 Å². The van der Waals surface area contributed by atoms with Crippen molar-refractivity contribution in [3.63, 3.8) is 0 Å². The average Bonchev–Trinajstić information content (AvgIpc) is 2.78. The monoisotopic (exact) mass is 437 g/mol. The van der Waals surface area contributed by atoms with Gasteiger partial charge in [0.15, 0.2) is 11.5 Å². The largest absolute Gasteiger partial charge is 0.416 e. The Morgan fingerprint density at radius 2 is 1.41 bits per heavy atom. The van der Waals surface area contributed by atoms with Gasteiger partial charge in [-0.3, -0.25) is 0 Å². The molecule has 0 bridgehead atoms. The molecule has 0 spiro atoms. The summed E-state index contributed by atoms with van der Waals surface area (Å²) in [5, 5.41) is 9.55. The number of benzene rings is 3. The molecular weight excluding hydrogens is 425 g/mol. The lowest BCUT2D eigenvalue weighted by atomic mass is 9.98. The van der Waals surface area contributed by atoms with Gasteiger partial charge in [-0.15, -0.1) is 0 Å². The molecule has 32 heavy (non-hydrogen) atoms. The molecule has 1 heterocycles. The van der Waals surface area contributed by atoms with Gasteiger partial charge in [0.1, 0.15) is 17.7 Å². The summed E-state index contributed by atoms with van der Waals surface area (Å²) >= 11 is 0. The molecular formula is C24H12F5N3. The van der Waals surface area contributed by atoms with E-state index < -0.39 is 28.9 Å². The van der Waals surface area contributed by atoms with Crippen molar-refractivity contribution in [3.05, 3.63) is 95.8 Å². The maximum Gasteiger partial charge on any atom is 0.416 e. The summed E-state index contributed by atoms with van der Waals surface area (Å²) in [6.07, 6.45) is -3.14. The summed E-state index contributed by atoms with van der Waals surface area (Å²) in [6.45, 7) is 0. The quantitative estimate of drug-likeness (QED) is 0.337. The Balaban J connectivity index is 1.74. The van der Waals surface area contributed by atoms with Crippen LogP contribution in [0.3, 0.4) is 0 Å². The Bertz CT molecular complexity index is 1320. The third-order valence-electron chi connectivity index (χ3n) is 4.80. The molecule has 0 aliphatic heterocycles. The van der Waals surface area contributed by atoms with Crippen molar-refractivity contribution in [1.29, 1.82) is 5.26 Å². The average molecular weight is 437 g/mol. The number of nitrogens with zero attached hydrogens (tertiary/aromatic N) is 3. The predicted molar refractivity (Wildman–Crippen MR) is 108 cm³/mol. The van der Waals surface area contributed by atoms with E-state index in [9.17, 15) is 27.2 Å². The minimum absolute atomic E-state index is 0.0952. The SMILES string of the molecule is N#Cc1nc(-c2c(F)cccc2F)ncc1-c1cccc(-c2ccc(C(F)(F)F)cc2)c1. The molecule has 158 valence electrons. The van der Waals surface area contributed by atoms with Crippen LogP contribution in [-0.2, 0) is 6.18 Å². The molecule has 0 aliphatic carbocycles. The highest BCUT2D eigenvalue weighted by atomic mass is 19.4. The summed E-state index contributed by atoms with van der Waals surface area (Å²) in [5.74, 6) is -1.98. The summed E-state index contributed by atoms with van der Waals surface area (Å²) < 4.78 is 66.5. The van der Waals surface area contributed by atoms with E-state index in [1.54, 1.807) is 24.3 Å². The molecule has 8 heteroatoms. The lowest BCUT2D eigenvalue weighted by Crippen LogP contribution is -2.04. The molecule has 3 nitrogen and oxygen atoms in total. The summed E-state index contributed by atoms with van der Waals surface area (Å²) in [5.41, 5.74) is 0.722. The van der Waals surface area contributed by atoms with Crippen molar-refractivity contribution in [2.75, 3.05) is 0 Å². The second-order valence-electron chi connectivity index (χ2n) is 6.82. The van der Waals surface area contributed by atoms with Gasteiger partial charge in [0.25, 0.3) is 0 Å². The van der Waals surface area contributed by atoms with E-state index in [0.29, 0.717) is 22.3 Å². The first-order chi connectivity index (χ1) is 15.3. The van der Waals surface area contributed by atoms with Gasteiger partial charge in [-0.25, -0.2) is 18.7 Å². The van der Waals surface area contributed by atoms with Crippen LogP contribution in [0.25, 0.3) is 33.6 Å². The molecule has 4 aromatic rings. The van der Waals surface area contributed by atoms with E-state index in [2.05, 4.69) is 9.97 Å². The van der Waals surface area contributed by atoms with Gasteiger partial charge in [0.05, 0.1) is 11.1 Å². The standard InChI is InChI=1S/C24H12F5N3/c25-19-5-2-6-20(26)22(19)23-31-13-18(21(12-30)32-23)16-4-1-3-15(11-16)14-7-9-17(10-8-14)24(27,28)29/h1-11,13H. The third-order valence-corrected chi connectivity index (χ3v) is 4.80. The highest BCUT2D eigenvalue weighted by Gasteiger charge is 2.30. The molecule has 0 radical (unpaired) electrons. The van der Waals surface area contributed by atoms with Crippen molar-refractivity contribution in [3.8, 4) is 39.7 Å². The van der Waals surface area contributed by atoms with E-state index in [1.807, 2.05) is 6.07 Å². The fourth-order valence-electron chi connectivity index (χ4n) is 3.23. The van der Waals surface area contributed by atoms with E-state index in [-0.39, 0.29) is 11.5 Å². The maximum atomic E-state index is 14.1. The summed E-state index contributed by atoms with van der Waals surface area (Å²) in [4.78, 5) is 8.05. The number of hydrogen-bond acceptors (Lipinski definition) is 3. The fraction of sp³-hybridized carbons (Fsp3) is 0.0417. The molecule has 0 atom stereocenters. The minimum Gasteiger partial charge on any atom is -0.236 e. The molecule has 3 aromatic carbocycles. The van der Waals surface area contributed by atoms with Crippen LogP contribution in [0.15, 0.2) is 72.9 Å². The molecule has 0 saturated heterocycles. The Morgan fingerprint density at radius 1 is 0.781 bits per heavy atom. The van der Waals surface area contributed by atoms with Crippen molar-refractivity contribution in [1.82, 2.24) is 9.97 Å². The lowest BCUT2D eigenvalue weighted by molar-refractivity contribution is -0.137. The van der Waals surface area contributed by atoms with E-state index >= 15 is 0 Å². The van der Waals surface area contributed by atoms with E-state index in [1.165, 1.54) is 24.4 Å². The maximum absolute atomic E-state index is 14.1. The molecule has 0 unspecified atom stereocenters. The Morgan fingerprint density at radius 3 is 2.03 bits per heavy atom. The number of rotatable bonds is 3. The smallest absolute Gasteiger partial charge is 0.236 e. The summed E-state index contributed by atoms with van der Waals surface area (Å²) in [6, 6.07) is 16.7. The number of halogens is 5. The van der Waals surface area contributed by atoms with Crippen LogP contribution in [0.4, 0.5) is 22.0 Å². The van der Waals surface area contributed by atoms with Crippen LogP contribution < -0.4 is 0 Å². The van der Waals surface area contributed by atoms with E-state index in [4.69, 9.17) is 0 Å². The van der Waals surface area contributed by atoms with Crippen molar-refractivity contribution in [2.45, 2.75) is 6.18 Å². The topological polar surface area (TPSA) is 49.6 Å². The Kier molecular flexibility index (Phi) is 5.41. The zero-order valence-electron chi connectivity index (χ0n) is 16.2. The third kappa shape index (κ3) is 4.05. The Labute approximate surface area is 179 Å².